The topological polar surface area (TPSA) is 85.1 Å². The molecule has 0 unspecified atom stereocenters. The molecule has 7 heteroatoms. The number of hydrogen-bond donors (Lipinski definition) is 1. The van der Waals surface area contributed by atoms with Gasteiger partial charge in [-0.1, -0.05) is 19.0 Å². The van der Waals surface area contributed by atoms with Gasteiger partial charge in [0.25, 0.3) is 0 Å². The van der Waals surface area contributed by atoms with Crippen molar-refractivity contribution in [2.45, 2.75) is 51.0 Å². The molecule has 1 amide bonds. The van der Waals surface area contributed by atoms with Gasteiger partial charge in [-0.15, -0.1) is 0 Å². The summed E-state index contributed by atoms with van der Waals surface area (Å²) in [5.41, 5.74) is 0. The summed E-state index contributed by atoms with van der Waals surface area (Å²) in [6.07, 6.45) is 2.52. The largest absolute Gasteiger partial charge is 0.355 e. The van der Waals surface area contributed by atoms with Gasteiger partial charge in [0.05, 0.1) is 0 Å². The van der Waals surface area contributed by atoms with Crippen LogP contribution in [0.2, 0.25) is 0 Å². The summed E-state index contributed by atoms with van der Waals surface area (Å²) in [4.78, 5) is 15.8. The summed E-state index contributed by atoms with van der Waals surface area (Å²) in [6.45, 7) is 6.23. The number of aryl methyl sites for hydroxylation is 1. The minimum atomic E-state index is -1.35. The highest BCUT2D eigenvalue weighted by Crippen LogP contribution is 2.07. The van der Waals surface area contributed by atoms with Crippen LogP contribution in [-0.4, -0.2) is 32.1 Å². The van der Waals surface area contributed by atoms with E-state index < -0.39 is 16.0 Å². The molecule has 0 saturated carbocycles. The van der Waals surface area contributed by atoms with Crippen molar-refractivity contribution in [3.8, 4) is 0 Å². The number of nitrogens with one attached hydrogen (secondary N) is 1. The lowest BCUT2D eigenvalue weighted by Crippen LogP contribution is -2.36. The van der Waals surface area contributed by atoms with Crippen LogP contribution in [-0.2, 0) is 27.8 Å². The van der Waals surface area contributed by atoms with Crippen LogP contribution in [0.3, 0.4) is 0 Å². The molecular weight excluding hydrogens is 266 g/mol. The van der Waals surface area contributed by atoms with Crippen LogP contribution in [0.1, 0.15) is 45.3 Å². The number of carbonyl (C=O) groups is 1. The van der Waals surface area contributed by atoms with Gasteiger partial charge in [-0.2, -0.15) is 4.98 Å². The van der Waals surface area contributed by atoms with Crippen LogP contribution in [0.15, 0.2) is 4.52 Å². The summed E-state index contributed by atoms with van der Waals surface area (Å²) in [6, 6.07) is 0. The first-order chi connectivity index (χ1) is 9.08. The molecule has 1 N–H and O–H groups in total. The van der Waals surface area contributed by atoms with Crippen molar-refractivity contribution < 1.29 is 13.5 Å². The summed E-state index contributed by atoms with van der Waals surface area (Å²) in [5, 5.41) is 5.94. The number of nitrogens with zero attached hydrogens (tertiary/aromatic N) is 2. The minimum absolute atomic E-state index is 0.122. The highest BCUT2D eigenvalue weighted by molar-refractivity contribution is 7.85. The highest BCUT2D eigenvalue weighted by atomic mass is 32.2. The predicted octanol–water partition coefficient (Wildman–Crippen LogP) is 1.19. The van der Waals surface area contributed by atoms with Gasteiger partial charge in [0.15, 0.2) is 5.82 Å². The Bertz CT molecular complexity index is 434. The van der Waals surface area contributed by atoms with Crippen molar-refractivity contribution >= 4 is 16.7 Å². The number of amides is 1. The molecule has 19 heavy (non-hydrogen) atoms. The molecule has 1 rings (SSSR count). The first-order valence-corrected chi connectivity index (χ1v) is 7.93. The molecule has 0 bridgehead atoms. The van der Waals surface area contributed by atoms with Crippen molar-refractivity contribution in [1.29, 1.82) is 0 Å². The molecular formula is C12H21N3O3S. The van der Waals surface area contributed by atoms with Crippen LogP contribution in [0.5, 0.6) is 0 Å². The maximum Gasteiger partial charge on any atom is 0.239 e. The molecule has 0 spiro atoms. The Morgan fingerprint density at radius 2 is 2.16 bits per heavy atom. The SMILES string of the molecule is CCCNC(=O)[C@@H](C)[S@](=O)Cc1nc(CCC)no1. The van der Waals surface area contributed by atoms with Crippen LogP contribution in [0, 0.1) is 0 Å². The van der Waals surface area contributed by atoms with E-state index in [0.717, 1.165) is 19.3 Å². The molecule has 0 saturated heterocycles. The average molecular weight is 287 g/mol. The fraction of sp³-hybridized carbons (Fsp3) is 0.750. The molecule has 0 aromatic carbocycles. The van der Waals surface area contributed by atoms with Gasteiger partial charge in [0.1, 0.15) is 11.0 Å². The van der Waals surface area contributed by atoms with E-state index in [1.165, 1.54) is 0 Å². The van der Waals surface area contributed by atoms with E-state index in [1.807, 2.05) is 13.8 Å². The predicted molar refractivity (Wildman–Crippen MR) is 72.9 cm³/mol. The number of hydrogen-bond acceptors (Lipinski definition) is 5. The molecule has 0 aliphatic heterocycles. The lowest BCUT2D eigenvalue weighted by Gasteiger charge is -2.10. The van der Waals surface area contributed by atoms with E-state index in [-0.39, 0.29) is 11.7 Å². The maximum absolute atomic E-state index is 12.0. The fourth-order valence-corrected chi connectivity index (χ4v) is 2.36. The summed E-state index contributed by atoms with van der Waals surface area (Å²) >= 11 is 0. The van der Waals surface area contributed by atoms with Crippen molar-refractivity contribution in [3.63, 3.8) is 0 Å². The lowest BCUT2D eigenvalue weighted by molar-refractivity contribution is -0.120. The molecule has 0 fully saturated rings. The van der Waals surface area contributed by atoms with E-state index in [2.05, 4.69) is 15.5 Å². The second kappa shape index (κ2) is 8.04. The Kier molecular flexibility index (Phi) is 6.69. The Morgan fingerprint density at radius 1 is 1.42 bits per heavy atom. The summed E-state index contributed by atoms with van der Waals surface area (Å²) < 4.78 is 17.0. The van der Waals surface area contributed by atoms with E-state index in [1.54, 1.807) is 6.92 Å². The highest BCUT2D eigenvalue weighted by Gasteiger charge is 2.21. The van der Waals surface area contributed by atoms with Crippen LogP contribution < -0.4 is 5.32 Å². The number of carbonyl (C=O) groups excluding carboxylic acids is 1. The lowest BCUT2D eigenvalue weighted by atomic mass is 10.3. The molecule has 1 aromatic heterocycles. The van der Waals surface area contributed by atoms with E-state index in [9.17, 15) is 9.00 Å². The number of aromatic nitrogens is 2. The molecule has 108 valence electrons. The van der Waals surface area contributed by atoms with Gasteiger partial charge in [0, 0.05) is 23.8 Å². The first-order valence-electron chi connectivity index (χ1n) is 6.54. The van der Waals surface area contributed by atoms with Crippen molar-refractivity contribution in [3.05, 3.63) is 11.7 Å². The number of rotatable bonds is 8. The Labute approximate surface area is 115 Å². The Morgan fingerprint density at radius 3 is 2.79 bits per heavy atom. The normalized spacial score (nSPS) is 14.1. The third kappa shape index (κ3) is 5.10. The minimum Gasteiger partial charge on any atom is -0.355 e. The van der Waals surface area contributed by atoms with E-state index >= 15 is 0 Å². The average Bonchev–Trinajstić information content (AvgIpc) is 2.82. The fourth-order valence-electron chi connectivity index (χ4n) is 1.43. The van der Waals surface area contributed by atoms with Crippen molar-refractivity contribution in [2.75, 3.05) is 6.54 Å². The summed E-state index contributed by atoms with van der Waals surface area (Å²) in [7, 11) is -1.35. The van der Waals surface area contributed by atoms with Crippen LogP contribution in [0.25, 0.3) is 0 Å². The van der Waals surface area contributed by atoms with Crippen molar-refractivity contribution in [1.82, 2.24) is 15.5 Å². The van der Waals surface area contributed by atoms with E-state index in [0.29, 0.717) is 18.3 Å². The molecule has 1 aromatic rings. The Balaban J connectivity index is 2.50. The molecule has 0 aliphatic carbocycles. The zero-order valence-electron chi connectivity index (χ0n) is 11.6. The van der Waals surface area contributed by atoms with Gasteiger partial charge in [-0.05, 0) is 19.8 Å². The zero-order chi connectivity index (χ0) is 14.3. The van der Waals surface area contributed by atoms with Crippen LogP contribution >= 0.6 is 0 Å². The molecule has 0 aliphatic rings. The van der Waals surface area contributed by atoms with Gasteiger partial charge in [-0.25, -0.2) is 0 Å². The second-order valence-electron chi connectivity index (χ2n) is 4.31. The first kappa shape index (κ1) is 15.8. The van der Waals surface area contributed by atoms with Gasteiger partial charge in [0.2, 0.25) is 11.8 Å². The third-order valence-corrected chi connectivity index (χ3v) is 4.10. The third-order valence-electron chi connectivity index (χ3n) is 2.56. The second-order valence-corrected chi connectivity index (χ2v) is 6.07. The van der Waals surface area contributed by atoms with E-state index in [4.69, 9.17) is 4.52 Å². The van der Waals surface area contributed by atoms with Crippen LogP contribution in [0.4, 0.5) is 0 Å². The molecule has 1 heterocycles. The maximum atomic E-state index is 12.0. The smallest absolute Gasteiger partial charge is 0.239 e. The summed E-state index contributed by atoms with van der Waals surface area (Å²) in [5.74, 6) is 0.875. The quantitative estimate of drug-likeness (QED) is 0.776. The van der Waals surface area contributed by atoms with Crippen molar-refractivity contribution in [2.24, 2.45) is 0 Å². The monoisotopic (exact) mass is 287 g/mol. The van der Waals surface area contributed by atoms with Gasteiger partial charge in [-0.3, -0.25) is 9.00 Å². The van der Waals surface area contributed by atoms with Gasteiger partial charge >= 0.3 is 0 Å². The Hall–Kier alpha value is -1.24. The zero-order valence-corrected chi connectivity index (χ0v) is 12.5. The standard InChI is InChI=1S/C12H21N3O3S/c1-4-6-10-14-11(18-15-10)8-19(17)9(3)12(16)13-7-5-2/h9H,4-8H2,1-3H3,(H,13,16)/t9-,19-/m1/s1. The van der Waals surface area contributed by atoms with Gasteiger partial charge < -0.3 is 9.84 Å². The molecule has 0 radical (unpaired) electrons. The molecule has 6 nitrogen and oxygen atoms in total. The molecule has 2 atom stereocenters.